The number of halogens is 2. The Labute approximate surface area is 164 Å². The van der Waals surface area contributed by atoms with Gasteiger partial charge in [-0.05, 0) is 37.3 Å². The molecule has 0 bridgehead atoms. The molecule has 29 heavy (non-hydrogen) atoms. The molecule has 1 aliphatic heterocycles. The average Bonchev–Trinajstić information content (AvgIpc) is 3.14. The molecule has 6 nitrogen and oxygen atoms in total. The Kier molecular flexibility index (Phi) is 3.80. The van der Waals surface area contributed by atoms with Crippen LogP contribution in [-0.4, -0.2) is 31.2 Å². The minimum absolute atomic E-state index is 0.191. The lowest BCUT2D eigenvalue weighted by molar-refractivity contribution is 0.464. The van der Waals surface area contributed by atoms with Crippen LogP contribution in [0.5, 0.6) is 0 Å². The van der Waals surface area contributed by atoms with Crippen molar-refractivity contribution in [2.24, 2.45) is 4.99 Å². The average molecular weight is 388 g/mol. The van der Waals surface area contributed by atoms with Crippen molar-refractivity contribution < 1.29 is 8.78 Å². The molecule has 2 aromatic heterocycles. The van der Waals surface area contributed by atoms with Crippen LogP contribution in [0.25, 0.3) is 17.2 Å². The summed E-state index contributed by atoms with van der Waals surface area (Å²) in [6.45, 7) is 1.62. The molecule has 0 amide bonds. The zero-order valence-electron chi connectivity index (χ0n) is 15.3. The molecule has 3 heterocycles. The highest BCUT2D eigenvalue weighted by molar-refractivity contribution is 5.87. The first-order valence-corrected chi connectivity index (χ1v) is 8.92. The number of benzene rings is 2. The van der Waals surface area contributed by atoms with E-state index in [1.807, 2.05) is 24.3 Å². The number of hydrogen-bond donors (Lipinski definition) is 0. The number of rotatable bonds is 2. The maximum atomic E-state index is 14.8. The number of nitrogens with zero attached hydrogens (tertiary/aromatic N) is 6. The Morgan fingerprint density at radius 3 is 2.41 bits per heavy atom. The van der Waals surface area contributed by atoms with E-state index in [0.29, 0.717) is 11.5 Å². The molecule has 1 unspecified atom stereocenters. The third-order valence-corrected chi connectivity index (χ3v) is 4.99. The lowest BCUT2D eigenvalue weighted by atomic mass is 9.90. The predicted octanol–water partition coefficient (Wildman–Crippen LogP) is 3.70. The highest BCUT2D eigenvalue weighted by atomic mass is 19.1. The molecule has 2 aromatic carbocycles. The minimum Gasteiger partial charge on any atom is -0.275 e. The van der Waals surface area contributed by atoms with Gasteiger partial charge in [-0.25, -0.2) is 8.78 Å². The number of para-hydroxylation sites is 1. The quantitative estimate of drug-likeness (QED) is 0.525. The Morgan fingerprint density at radius 1 is 0.862 bits per heavy atom. The van der Waals surface area contributed by atoms with Gasteiger partial charge in [0.15, 0.2) is 11.6 Å². The summed E-state index contributed by atoms with van der Waals surface area (Å²) in [6.07, 6.45) is 3.16. The summed E-state index contributed by atoms with van der Waals surface area (Å²) in [7, 11) is 0. The van der Waals surface area contributed by atoms with Crippen molar-refractivity contribution in [1.29, 1.82) is 0 Å². The van der Waals surface area contributed by atoms with E-state index < -0.39 is 17.2 Å². The zero-order chi connectivity index (χ0) is 20.0. The van der Waals surface area contributed by atoms with Gasteiger partial charge >= 0.3 is 0 Å². The molecule has 0 aliphatic carbocycles. The Bertz CT molecular complexity index is 1230. The largest absolute Gasteiger partial charge is 0.275 e. The summed E-state index contributed by atoms with van der Waals surface area (Å²) in [4.78, 5) is 4.57. The summed E-state index contributed by atoms with van der Waals surface area (Å²) in [5, 5.41) is 16.6. The molecular weight excluding hydrogens is 374 g/mol. The number of fused-ring (bicyclic) bond motifs is 3. The molecule has 1 atom stereocenters. The first-order valence-electron chi connectivity index (χ1n) is 8.92. The van der Waals surface area contributed by atoms with Gasteiger partial charge in [0, 0.05) is 18.0 Å². The molecular formula is C21H14F2N6. The van der Waals surface area contributed by atoms with Gasteiger partial charge in [0.2, 0.25) is 0 Å². The van der Waals surface area contributed by atoms with Crippen molar-refractivity contribution >= 4 is 6.21 Å². The molecule has 0 spiro atoms. The number of hydrogen-bond acceptors (Lipinski definition) is 5. The van der Waals surface area contributed by atoms with Gasteiger partial charge in [-0.2, -0.15) is 5.10 Å². The van der Waals surface area contributed by atoms with Crippen molar-refractivity contribution in [2.45, 2.75) is 12.5 Å². The summed E-state index contributed by atoms with van der Waals surface area (Å²) < 4.78 is 31.3. The van der Waals surface area contributed by atoms with Crippen LogP contribution < -0.4 is 0 Å². The van der Waals surface area contributed by atoms with Gasteiger partial charge < -0.3 is 0 Å². The third kappa shape index (κ3) is 2.56. The SMILES string of the molecule is CC1(c2c(F)cccc2F)N=Cc2ccccc2-n2c(-c3cccnn3)nnc21. The topological polar surface area (TPSA) is 68.8 Å². The molecule has 0 saturated carbocycles. The van der Waals surface area contributed by atoms with Crippen LogP contribution in [0.4, 0.5) is 8.78 Å². The Hall–Kier alpha value is -3.81. The summed E-state index contributed by atoms with van der Waals surface area (Å²) in [5.74, 6) is -0.713. The minimum atomic E-state index is -1.44. The van der Waals surface area contributed by atoms with Crippen molar-refractivity contribution in [3.63, 3.8) is 0 Å². The maximum Gasteiger partial charge on any atom is 0.189 e. The third-order valence-electron chi connectivity index (χ3n) is 4.99. The van der Waals surface area contributed by atoms with Crippen LogP contribution in [0.1, 0.15) is 23.9 Å². The zero-order valence-corrected chi connectivity index (χ0v) is 15.3. The highest BCUT2D eigenvalue weighted by Gasteiger charge is 2.41. The van der Waals surface area contributed by atoms with Gasteiger partial charge in [0.1, 0.15) is 22.9 Å². The molecule has 0 saturated heterocycles. The van der Waals surface area contributed by atoms with E-state index in [-0.39, 0.29) is 11.4 Å². The van der Waals surface area contributed by atoms with Gasteiger partial charge in [-0.3, -0.25) is 9.56 Å². The van der Waals surface area contributed by atoms with Crippen LogP contribution >= 0.6 is 0 Å². The molecule has 4 aromatic rings. The second-order valence-corrected chi connectivity index (χ2v) is 6.78. The first-order chi connectivity index (χ1) is 14.1. The maximum absolute atomic E-state index is 14.8. The van der Waals surface area contributed by atoms with E-state index in [1.54, 1.807) is 36.0 Å². The van der Waals surface area contributed by atoms with Gasteiger partial charge in [-0.1, -0.05) is 24.3 Å². The monoisotopic (exact) mass is 388 g/mol. The Balaban J connectivity index is 1.87. The van der Waals surface area contributed by atoms with Crippen LogP contribution in [0.2, 0.25) is 0 Å². The van der Waals surface area contributed by atoms with E-state index in [1.165, 1.54) is 18.2 Å². The summed E-state index contributed by atoms with van der Waals surface area (Å²) >= 11 is 0. The second kappa shape index (κ2) is 6.37. The van der Waals surface area contributed by atoms with Gasteiger partial charge in [0.25, 0.3) is 0 Å². The van der Waals surface area contributed by atoms with Crippen molar-refractivity contribution in [2.75, 3.05) is 0 Å². The van der Waals surface area contributed by atoms with Crippen molar-refractivity contribution in [3.8, 4) is 17.2 Å². The normalized spacial score (nSPS) is 17.5. The van der Waals surface area contributed by atoms with Crippen molar-refractivity contribution in [3.05, 3.63) is 89.4 Å². The van der Waals surface area contributed by atoms with E-state index in [4.69, 9.17) is 0 Å². The fourth-order valence-corrected chi connectivity index (χ4v) is 3.61. The second-order valence-electron chi connectivity index (χ2n) is 6.78. The first kappa shape index (κ1) is 17.3. The van der Waals surface area contributed by atoms with Crippen LogP contribution in [0, 0.1) is 11.6 Å². The van der Waals surface area contributed by atoms with Crippen molar-refractivity contribution in [1.82, 2.24) is 25.0 Å². The summed E-state index contributed by atoms with van der Waals surface area (Å²) in [5.41, 5.74) is 0.348. The molecule has 5 rings (SSSR count). The fraction of sp³-hybridized carbons (Fsp3) is 0.0952. The van der Waals surface area contributed by atoms with E-state index in [2.05, 4.69) is 25.4 Å². The highest BCUT2D eigenvalue weighted by Crippen LogP contribution is 2.40. The number of aliphatic imine (C=N–C) groups is 1. The standard InChI is InChI=1S/C21H14F2N6/c1-21(18-14(22)7-4-8-15(18)23)20-28-27-19(16-9-5-11-25-26-16)29(20)17-10-3-2-6-13(17)12-24-21/h2-12H,1H3. The van der Waals surface area contributed by atoms with Gasteiger partial charge in [0.05, 0.1) is 11.3 Å². The molecule has 0 fully saturated rings. The van der Waals surface area contributed by atoms with Crippen LogP contribution in [0.15, 0.2) is 65.8 Å². The lowest BCUT2D eigenvalue weighted by Crippen LogP contribution is -2.28. The fourth-order valence-electron chi connectivity index (χ4n) is 3.61. The van der Waals surface area contributed by atoms with E-state index >= 15 is 0 Å². The molecule has 142 valence electrons. The molecule has 0 N–H and O–H groups in total. The summed E-state index contributed by atoms with van der Waals surface area (Å²) in [6, 6.07) is 14.7. The smallest absolute Gasteiger partial charge is 0.189 e. The molecule has 0 radical (unpaired) electrons. The lowest BCUT2D eigenvalue weighted by Gasteiger charge is -2.25. The molecule has 8 heteroatoms. The van der Waals surface area contributed by atoms with Crippen LogP contribution in [0.3, 0.4) is 0 Å². The van der Waals surface area contributed by atoms with E-state index in [9.17, 15) is 8.78 Å². The Morgan fingerprint density at radius 2 is 1.66 bits per heavy atom. The van der Waals surface area contributed by atoms with Gasteiger partial charge in [-0.15, -0.1) is 15.3 Å². The molecule has 1 aliphatic rings. The number of aromatic nitrogens is 5. The van der Waals surface area contributed by atoms with E-state index in [0.717, 1.165) is 11.3 Å². The predicted molar refractivity (Wildman–Crippen MR) is 103 cm³/mol. The van der Waals surface area contributed by atoms with Crippen LogP contribution in [-0.2, 0) is 5.54 Å².